The number of benzene rings is 3. The number of carbonyl (C=O) groups is 1. The van der Waals surface area contributed by atoms with Crippen molar-refractivity contribution in [2.24, 2.45) is 0 Å². The Morgan fingerprint density at radius 2 is 1.81 bits per heavy atom. The molecule has 0 aliphatic rings. The number of hydrogen-bond acceptors (Lipinski definition) is 4. The average molecular weight is 506 g/mol. The zero-order chi connectivity index (χ0) is 25.4. The van der Waals surface area contributed by atoms with Crippen LogP contribution in [0.25, 0.3) is 33.1 Å². The summed E-state index contributed by atoms with van der Waals surface area (Å²) < 4.78 is 44.3. The molecule has 3 N–H and O–H groups in total. The molecule has 0 aliphatic carbocycles. The number of pyridine rings is 1. The number of phenols is 1. The minimum atomic E-state index is -1.55. The predicted octanol–water partition coefficient (Wildman–Crippen LogP) is 6.08. The van der Waals surface area contributed by atoms with Gasteiger partial charge in [-0.3, -0.25) is 4.79 Å². The molecule has 5 rings (SSSR count). The smallest absolute Gasteiger partial charge is 0.199 e. The Hall–Kier alpha value is -4.11. The van der Waals surface area contributed by atoms with E-state index in [4.69, 9.17) is 0 Å². The fourth-order valence-corrected chi connectivity index (χ4v) is 4.94. The van der Waals surface area contributed by atoms with E-state index in [1.54, 1.807) is 42.6 Å². The molecule has 6 nitrogen and oxygen atoms in total. The summed E-state index contributed by atoms with van der Waals surface area (Å²) in [5.74, 6) is -2.47. The van der Waals surface area contributed by atoms with E-state index in [0.29, 0.717) is 23.0 Å². The number of aromatic hydroxyl groups is 1. The molecule has 1 unspecified atom stereocenters. The molecule has 0 aliphatic heterocycles. The summed E-state index contributed by atoms with van der Waals surface area (Å²) in [6, 6.07) is 15.4. The van der Waals surface area contributed by atoms with Gasteiger partial charge >= 0.3 is 0 Å². The monoisotopic (exact) mass is 505 g/mol. The van der Waals surface area contributed by atoms with Crippen molar-refractivity contribution in [2.75, 3.05) is 10.5 Å². The third kappa shape index (κ3) is 4.33. The normalized spacial score (nSPS) is 12.2. The summed E-state index contributed by atoms with van der Waals surface area (Å²) in [5, 5.41) is 11.0. The summed E-state index contributed by atoms with van der Waals surface area (Å²) >= 11 is 0. The molecular weight excluding hydrogens is 484 g/mol. The van der Waals surface area contributed by atoms with Crippen molar-refractivity contribution in [3.63, 3.8) is 0 Å². The first-order chi connectivity index (χ1) is 17.4. The second kappa shape index (κ2) is 9.50. The number of phenolic OH excluding ortho intramolecular Hbond substituents is 1. The van der Waals surface area contributed by atoms with E-state index in [-0.39, 0.29) is 22.8 Å². The number of anilines is 1. The number of nitrogens with zero attached hydrogens (tertiary/aromatic N) is 1. The number of aromatic amines is 1. The van der Waals surface area contributed by atoms with Gasteiger partial charge in [0.2, 0.25) is 0 Å². The van der Waals surface area contributed by atoms with E-state index in [1.807, 2.05) is 13.0 Å². The van der Waals surface area contributed by atoms with Gasteiger partial charge in [-0.05, 0) is 60.5 Å². The van der Waals surface area contributed by atoms with Gasteiger partial charge < -0.3 is 14.8 Å². The molecule has 9 heteroatoms. The number of halogens is 2. The molecule has 2 aromatic heterocycles. The minimum Gasteiger partial charge on any atom is -0.508 e. The van der Waals surface area contributed by atoms with Crippen LogP contribution >= 0.6 is 0 Å². The number of hydrogen-bond donors (Lipinski definition) is 3. The lowest BCUT2D eigenvalue weighted by Crippen LogP contribution is -2.13. The maximum atomic E-state index is 15.2. The van der Waals surface area contributed by atoms with E-state index in [2.05, 4.69) is 14.7 Å². The van der Waals surface area contributed by atoms with E-state index in [1.165, 1.54) is 6.07 Å². The highest BCUT2D eigenvalue weighted by Crippen LogP contribution is 2.31. The number of nitrogens with one attached hydrogen (secondary N) is 2. The fraction of sp³-hybridized carbons (Fsp3) is 0.111. The number of aromatic nitrogens is 2. The average Bonchev–Trinajstić information content (AvgIpc) is 3.23. The van der Waals surface area contributed by atoms with Crippen molar-refractivity contribution in [1.29, 1.82) is 0 Å². The van der Waals surface area contributed by atoms with Gasteiger partial charge in [-0.1, -0.05) is 19.1 Å². The molecule has 182 valence electrons. The Kier molecular flexibility index (Phi) is 6.24. The molecule has 0 amide bonds. The van der Waals surface area contributed by atoms with Gasteiger partial charge in [-0.15, -0.1) is 0 Å². The van der Waals surface area contributed by atoms with Crippen LogP contribution in [0.1, 0.15) is 29.3 Å². The van der Waals surface area contributed by atoms with Crippen LogP contribution in [0.4, 0.5) is 14.5 Å². The maximum absolute atomic E-state index is 15.2. The highest BCUT2D eigenvalue weighted by atomic mass is 32.2. The Bertz CT molecular complexity index is 1650. The van der Waals surface area contributed by atoms with Gasteiger partial charge in [0, 0.05) is 39.4 Å². The highest BCUT2D eigenvalue weighted by molar-refractivity contribution is 7.86. The zero-order valence-corrected chi connectivity index (χ0v) is 20.0. The van der Waals surface area contributed by atoms with Gasteiger partial charge in [0.15, 0.2) is 11.6 Å². The van der Waals surface area contributed by atoms with Crippen LogP contribution in [-0.2, 0) is 11.0 Å². The highest BCUT2D eigenvalue weighted by Gasteiger charge is 2.23. The van der Waals surface area contributed by atoms with Crippen molar-refractivity contribution in [1.82, 2.24) is 9.97 Å². The van der Waals surface area contributed by atoms with Crippen molar-refractivity contribution in [3.05, 3.63) is 89.6 Å². The third-order valence-corrected chi connectivity index (χ3v) is 7.07. The third-order valence-electron chi connectivity index (χ3n) is 5.84. The summed E-state index contributed by atoms with van der Waals surface area (Å²) in [6.45, 7) is 1.83. The molecule has 2 heterocycles. The van der Waals surface area contributed by atoms with Crippen LogP contribution < -0.4 is 4.72 Å². The van der Waals surface area contributed by atoms with E-state index in [0.717, 1.165) is 28.6 Å². The number of carbonyl (C=O) groups excluding carboxylic acids is 1. The van der Waals surface area contributed by atoms with Crippen molar-refractivity contribution in [2.45, 2.75) is 13.3 Å². The maximum Gasteiger partial charge on any atom is 0.199 e. The molecule has 0 saturated heterocycles. The first-order valence-corrected chi connectivity index (χ1v) is 12.6. The molecule has 0 saturated carbocycles. The summed E-state index contributed by atoms with van der Waals surface area (Å²) in [4.78, 5) is 20.9. The van der Waals surface area contributed by atoms with Gasteiger partial charge in [0.05, 0.1) is 11.3 Å². The molecule has 0 bridgehead atoms. The van der Waals surface area contributed by atoms with Crippen LogP contribution in [0.2, 0.25) is 0 Å². The number of ketones is 1. The van der Waals surface area contributed by atoms with Gasteiger partial charge in [-0.25, -0.2) is 18.0 Å². The molecular formula is C27H21F2N3O3S. The first-order valence-electron chi connectivity index (χ1n) is 11.2. The second-order valence-electron chi connectivity index (χ2n) is 8.32. The van der Waals surface area contributed by atoms with Crippen molar-refractivity contribution < 1.29 is 22.9 Å². The molecule has 1 atom stereocenters. The molecule has 36 heavy (non-hydrogen) atoms. The van der Waals surface area contributed by atoms with Crippen LogP contribution in [-0.4, -0.2) is 30.8 Å². The van der Waals surface area contributed by atoms with E-state index >= 15 is 4.39 Å². The Labute approximate surface area is 207 Å². The Morgan fingerprint density at radius 1 is 1.03 bits per heavy atom. The molecule has 3 aromatic carbocycles. The molecule has 5 aromatic rings. The summed E-state index contributed by atoms with van der Waals surface area (Å²) in [6.07, 6.45) is 2.31. The molecule has 0 fully saturated rings. The SMILES string of the molecule is CCCS(=O)Nc1ccc(F)c(C(=O)c2ccc3[nH]c4ncc(-c5ccc(O)cc5)cc4c3c2)c1F. The van der Waals surface area contributed by atoms with Crippen LogP contribution in [0.5, 0.6) is 5.75 Å². The zero-order valence-electron chi connectivity index (χ0n) is 19.1. The predicted molar refractivity (Wildman–Crippen MR) is 137 cm³/mol. The lowest BCUT2D eigenvalue weighted by atomic mass is 9.99. The molecule has 0 radical (unpaired) electrons. The largest absolute Gasteiger partial charge is 0.508 e. The van der Waals surface area contributed by atoms with Crippen molar-refractivity contribution >= 4 is 44.4 Å². The Balaban J connectivity index is 1.57. The van der Waals surface area contributed by atoms with Gasteiger partial charge in [-0.2, -0.15) is 0 Å². The van der Waals surface area contributed by atoms with Crippen LogP contribution in [0.15, 0.2) is 66.9 Å². The lowest BCUT2D eigenvalue weighted by molar-refractivity contribution is 0.103. The molecule has 0 spiro atoms. The van der Waals surface area contributed by atoms with Crippen molar-refractivity contribution in [3.8, 4) is 16.9 Å². The van der Waals surface area contributed by atoms with Gasteiger partial charge in [0.1, 0.15) is 28.2 Å². The fourth-order valence-electron chi connectivity index (χ4n) is 4.07. The number of fused-ring (bicyclic) bond motifs is 3. The standard InChI is InChI=1S/C27H21F2N3O3S/c1-2-11-36(35)32-23-10-8-21(28)24(25(23)29)26(34)16-5-9-22-19(12-16)20-13-17(14-30-27(20)31-22)15-3-6-18(33)7-4-15/h3-10,12-14,32-33H,2,11H2,1H3,(H,30,31). The van der Waals surface area contributed by atoms with E-state index < -0.39 is 34.0 Å². The first kappa shape index (κ1) is 23.6. The second-order valence-corrected chi connectivity index (χ2v) is 9.62. The Morgan fingerprint density at radius 3 is 2.56 bits per heavy atom. The number of rotatable bonds is 7. The minimum absolute atomic E-state index is 0.100. The summed E-state index contributed by atoms with van der Waals surface area (Å²) in [5.41, 5.74) is 2.15. The quantitative estimate of drug-likeness (QED) is 0.234. The van der Waals surface area contributed by atoms with Crippen LogP contribution in [0, 0.1) is 11.6 Å². The number of H-pyrrole nitrogens is 1. The van der Waals surface area contributed by atoms with Gasteiger partial charge in [0.25, 0.3) is 0 Å². The van der Waals surface area contributed by atoms with E-state index in [9.17, 15) is 18.5 Å². The topological polar surface area (TPSA) is 95.1 Å². The summed E-state index contributed by atoms with van der Waals surface area (Å²) in [7, 11) is -1.55. The van der Waals surface area contributed by atoms with Crippen LogP contribution in [0.3, 0.4) is 0 Å². The lowest BCUT2D eigenvalue weighted by Gasteiger charge is -2.11.